The predicted octanol–water partition coefficient (Wildman–Crippen LogP) is 2.47. The molecule has 1 aliphatic rings. The normalized spacial score (nSPS) is 32.0. The van der Waals surface area contributed by atoms with Crippen molar-refractivity contribution in [2.24, 2.45) is 0 Å². The van der Waals surface area contributed by atoms with Crippen LogP contribution in [0.1, 0.15) is 31.9 Å². The van der Waals surface area contributed by atoms with Gasteiger partial charge in [-0.25, -0.2) is 0 Å². The summed E-state index contributed by atoms with van der Waals surface area (Å²) in [7, 11) is 0. The lowest BCUT2D eigenvalue weighted by Gasteiger charge is -2.13. The van der Waals surface area contributed by atoms with Gasteiger partial charge >= 0.3 is 0 Å². The Morgan fingerprint density at radius 2 is 2.00 bits per heavy atom. The minimum atomic E-state index is 0.209. The highest BCUT2D eigenvalue weighted by Crippen LogP contribution is 2.28. The van der Waals surface area contributed by atoms with Crippen LogP contribution in [0.2, 0.25) is 0 Å². The van der Waals surface area contributed by atoms with E-state index >= 15 is 0 Å². The number of ether oxygens (including phenoxy) is 1. The van der Waals surface area contributed by atoms with Crippen molar-refractivity contribution in [3.05, 3.63) is 35.9 Å². The molecule has 0 aromatic heterocycles. The molecule has 2 rings (SSSR count). The van der Waals surface area contributed by atoms with E-state index in [9.17, 15) is 0 Å². The van der Waals surface area contributed by atoms with Crippen molar-refractivity contribution >= 4 is 0 Å². The van der Waals surface area contributed by atoms with E-state index in [1.165, 1.54) is 5.56 Å². The molecule has 76 valence electrons. The summed E-state index contributed by atoms with van der Waals surface area (Å²) in [6.45, 7) is 4.31. The van der Waals surface area contributed by atoms with E-state index < -0.39 is 0 Å². The molecule has 1 heterocycles. The van der Waals surface area contributed by atoms with Crippen LogP contribution in [-0.2, 0) is 4.74 Å². The zero-order valence-corrected chi connectivity index (χ0v) is 8.73. The van der Waals surface area contributed by atoms with Crippen LogP contribution in [0.15, 0.2) is 30.3 Å². The smallest absolute Gasteiger partial charge is 0.109 e. The topological polar surface area (TPSA) is 21.3 Å². The average molecular weight is 191 g/mol. The van der Waals surface area contributed by atoms with Crippen molar-refractivity contribution in [2.75, 3.05) is 0 Å². The predicted molar refractivity (Wildman–Crippen MR) is 56.9 cm³/mol. The Hall–Kier alpha value is -0.860. The molecule has 3 unspecified atom stereocenters. The highest BCUT2D eigenvalue weighted by molar-refractivity contribution is 5.19. The highest BCUT2D eigenvalue weighted by atomic mass is 16.5. The van der Waals surface area contributed by atoms with Crippen molar-refractivity contribution in [2.45, 2.75) is 38.6 Å². The van der Waals surface area contributed by atoms with Gasteiger partial charge in [0.2, 0.25) is 0 Å². The molecule has 1 aromatic carbocycles. The fourth-order valence-corrected chi connectivity index (χ4v) is 1.94. The van der Waals surface area contributed by atoms with Gasteiger partial charge in [-0.05, 0) is 18.9 Å². The van der Waals surface area contributed by atoms with Crippen LogP contribution in [0.4, 0.5) is 0 Å². The number of nitrogens with one attached hydrogen (secondary N) is 1. The summed E-state index contributed by atoms with van der Waals surface area (Å²) in [5, 5.41) is 3.43. The Bertz CT molecular complexity index is 286. The summed E-state index contributed by atoms with van der Waals surface area (Å²) >= 11 is 0. The van der Waals surface area contributed by atoms with E-state index in [1.54, 1.807) is 0 Å². The largest absolute Gasteiger partial charge is 0.354 e. The molecule has 0 aliphatic carbocycles. The Kier molecular flexibility index (Phi) is 2.85. The Labute approximate surface area is 85.3 Å². The number of hydrogen-bond acceptors (Lipinski definition) is 2. The monoisotopic (exact) mass is 191 g/mol. The maximum Gasteiger partial charge on any atom is 0.109 e. The zero-order valence-electron chi connectivity index (χ0n) is 8.73. The minimum Gasteiger partial charge on any atom is -0.354 e. The molecule has 0 bridgehead atoms. The molecule has 1 saturated heterocycles. The Morgan fingerprint density at radius 1 is 1.29 bits per heavy atom. The molecule has 2 nitrogen and oxygen atoms in total. The van der Waals surface area contributed by atoms with E-state index in [0.717, 1.165) is 6.42 Å². The van der Waals surface area contributed by atoms with Gasteiger partial charge in [-0.3, -0.25) is 5.32 Å². The third-order valence-corrected chi connectivity index (χ3v) is 2.71. The second-order valence-electron chi connectivity index (χ2n) is 3.82. The van der Waals surface area contributed by atoms with Crippen molar-refractivity contribution in [3.63, 3.8) is 0 Å². The van der Waals surface area contributed by atoms with Crippen molar-refractivity contribution < 1.29 is 4.74 Å². The van der Waals surface area contributed by atoms with E-state index in [-0.39, 0.29) is 12.3 Å². The first kappa shape index (κ1) is 9.69. The van der Waals surface area contributed by atoms with Crippen LogP contribution in [0.3, 0.4) is 0 Å². The van der Waals surface area contributed by atoms with E-state index in [0.29, 0.717) is 6.04 Å². The van der Waals surface area contributed by atoms with E-state index in [1.807, 2.05) is 6.07 Å². The summed E-state index contributed by atoms with van der Waals surface area (Å²) in [5.41, 5.74) is 1.27. The second-order valence-corrected chi connectivity index (χ2v) is 3.82. The van der Waals surface area contributed by atoms with Crippen LogP contribution < -0.4 is 5.32 Å². The summed E-state index contributed by atoms with van der Waals surface area (Å²) < 4.78 is 5.90. The maximum absolute atomic E-state index is 5.90. The number of rotatable bonds is 2. The average Bonchev–Trinajstić information content (AvgIpc) is 2.61. The SMILES string of the molecule is CCC1NC(C)C(c2ccccc2)O1. The molecule has 0 radical (unpaired) electrons. The van der Waals surface area contributed by atoms with E-state index in [4.69, 9.17) is 4.74 Å². The van der Waals surface area contributed by atoms with Crippen molar-refractivity contribution in [1.29, 1.82) is 0 Å². The van der Waals surface area contributed by atoms with Crippen LogP contribution in [0, 0.1) is 0 Å². The highest BCUT2D eigenvalue weighted by Gasteiger charge is 2.30. The summed E-state index contributed by atoms with van der Waals surface area (Å²) in [4.78, 5) is 0. The van der Waals surface area contributed by atoms with Gasteiger partial charge in [-0.15, -0.1) is 0 Å². The van der Waals surface area contributed by atoms with E-state index in [2.05, 4.69) is 43.4 Å². The summed E-state index contributed by atoms with van der Waals surface area (Å²) in [6, 6.07) is 10.8. The third kappa shape index (κ3) is 1.81. The lowest BCUT2D eigenvalue weighted by Crippen LogP contribution is -2.27. The first-order valence-corrected chi connectivity index (χ1v) is 5.27. The van der Waals surface area contributed by atoms with Crippen LogP contribution in [0.25, 0.3) is 0 Å². The number of benzene rings is 1. The molecule has 0 saturated carbocycles. The number of hydrogen-bond donors (Lipinski definition) is 1. The lowest BCUT2D eigenvalue weighted by atomic mass is 10.0. The standard InChI is InChI=1S/C12H17NO/c1-3-11-13-9(2)12(14-11)10-7-5-4-6-8-10/h4-9,11-13H,3H2,1-2H3. The maximum atomic E-state index is 5.90. The van der Waals surface area contributed by atoms with Gasteiger partial charge < -0.3 is 4.74 Å². The molecule has 0 spiro atoms. The van der Waals surface area contributed by atoms with Crippen LogP contribution in [-0.4, -0.2) is 12.3 Å². The first-order valence-electron chi connectivity index (χ1n) is 5.27. The molecule has 1 aromatic rings. The molecule has 3 atom stereocenters. The van der Waals surface area contributed by atoms with Gasteiger partial charge in [0.15, 0.2) is 0 Å². The molecule has 14 heavy (non-hydrogen) atoms. The van der Waals surface area contributed by atoms with Gasteiger partial charge in [0.1, 0.15) is 6.23 Å². The molecular formula is C12H17NO. The molecule has 2 heteroatoms. The van der Waals surface area contributed by atoms with Gasteiger partial charge in [-0.1, -0.05) is 37.3 Å². The second kappa shape index (κ2) is 4.11. The Balaban J connectivity index is 2.13. The fraction of sp³-hybridized carbons (Fsp3) is 0.500. The first-order chi connectivity index (χ1) is 6.81. The molecule has 1 aliphatic heterocycles. The minimum absolute atomic E-state index is 0.209. The zero-order chi connectivity index (χ0) is 9.97. The van der Waals surface area contributed by atoms with Gasteiger partial charge in [0.25, 0.3) is 0 Å². The molecule has 1 N–H and O–H groups in total. The van der Waals surface area contributed by atoms with Gasteiger partial charge in [-0.2, -0.15) is 0 Å². The molecule has 1 fully saturated rings. The summed E-state index contributed by atoms with van der Waals surface area (Å²) in [6.07, 6.45) is 1.45. The molecule has 0 amide bonds. The van der Waals surface area contributed by atoms with Crippen molar-refractivity contribution in [1.82, 2.24) is 5.32 Å². The van der Waals surface area contributed by atoms with Crippen LogP contribution in [0.5, 0.6) is 0 Å². The van der Waals surface area contributed by atoms with Crippen LogP contribution >= 0.6 is 0 Å². The van der Waals surface area contributed by atoms with Gasteiger partial charge in [0.05, 0.1) is 6.10 Å². The third-order valence-electron chi connectivity index (χ3n) is 2.71. The quantitative estimate of drug-likeness (QED) is 0.775. The molecular weight excluding hydrogens is 174 g/mol. The Morgan fingerprint density at radius 3 is 2.57 bits per heavy atom. The van der Waals surface area contributed by atoms with Crippen molar-refractivity contribution in [3.8, 4) is 0 Å². The fourth-order valence-electron chi connectivity index (χ4n) is 1.94. The lowest BCUT2D eigenvalue weighted by molar-refractivity contribution is 0.0352. The van der Waals surface area contributed by atoms with Gasteiger partial charge in [0, 0.05) is 6.04 Å². The summed E-state index contributed by atoms with van der Waals surface area (Å²) in [5.74, 6) is 0.